The molecule has 0 saturated heterocycles. The molecule has 0 aliphatic heterocycles. The van der Waals surface area contributed by atoms with Gasteiger partial charge in [0.05, 0.1) is 66.4 Å². The van der Waals surface area contributed by atoms with Crippen LogP contribution in [0.3, 0.4) is 0 Å². The van der Waals surface area contributed by atoms with Crippen LogP contribution >= 0.6 is 22.6 Å². The Kier molecular flexibility index (Phi) is 11.6. The highest BCUT2D eigenvalue weighted by atomic mass is 127. The molecule has 0 aliphatic rings. The second kappa shape index (κ2) is 17.0. The largest absolute Gasteiger partial charge is 0.508 e. The monoisotopic (exact) mass is 786 g/mol. The Morgan fingerprint density at radius 2 is 1.14 bits per heavy atom. The van der Waals surface area contributed by atoms with Gasteiger partial charge in [-0.3, -0.25) is 0 Å². The first-order chi connectivity index (χ1) is 25.0. The number of hydrogen-bond acceptors (Lipinski definition) is 6. The van der Waals surface area contributed by atoms with Gasteiger partial charge in [0, 0.05) is 26.5 Å². The summed E-state index contributed by atoms with van der Waals surface area (Å²) < 4.78 is 15.1. The third-order valence-corrected chi connectivity index (χ3v) is 8.36. The lowest BCUT2D eigenvalue weighted by Crippen LogP contribution is -1.96. The molecule has 0 radical (unpaired) electrons. The van der Waals surface area contributed by atoms with E-state index in [2.05, 4.69) is 54.9 Å². The first kappa shape index (κ1) is 34.7. The molecule has 0 aliphatic carbocycles. The maximum absolute atomic E-state index is 9.44. The molecule has 0 spiro atoms. The molecule has 0 unspecified atom stereocenters. The van der Waals surface area contributed by atoms with Gasteiger partial charge in [0.2, 0.25) is 0 Å². The smallest absolute Gasteiger partial charge is 0.121 e. The Balaban J connectivity index is 0.000000122. The van der Waals surface area contributed by atoms with Crippen LogP contribution in [-0.4, -0.2) is 48.9 Å². The van der Waals surface area contributed by atoms with Gasteiger partial charge in [0.1, 0.15) is 17.2 Å². The first-order valence-electron chi connectivity index (χ1n) is 16.0. The van der Waals surface area contributed by atoms with E-state index in [-0.39, 0.29) is 5.75 Å². The molecule has 0 atom stereocenters. The van der Waals surface area contributed by atoms with Crippen LogP contribution in [0.1, 0.15) is 0 Å². The van der Waals surface area contributed by atoms with Gasteiger partial charge in [-0.05, 0) is 89.3 Å². The van der Waals surface area contributed by atoms with E-state index in [1.807, 2.05) is 137 Å². The molecule has 9 rings (SSSR count). The van der Waals surface area contributed by atoms with Crippen molar-refractivity contribution < 1.29 is 14.6 Å². The van der Waals surface area contributed by atoms with Crippen molar-refractivity contribution in [2.24, 2.45) is 0 Å². The Bertz CT molecular complexity index is 2440. The molecule has 3 heterocycles. The maximum atomic E-state index is 9.44. The number of H-pyrrole nitrogens is 1. The summed E-state index contributed by atoms with van der Waals surface area (Å²) in [6.45, 7) is 0. The van der Waals surface area contributed by atoms with Crippen LogP contribution in [0.15, 0.2) is 164 Å². The number of aromatic nitrogens is 6. The number of imidazole rings is 1. The van der Waals surface area contributed by atoms with Crippen LogP contribution in [0.5, 0.6) is 17.2 Å². The number of phenolic OH excluding ortho intramolecular Hbond substituents is 1. The number of methoxy groups -OCH3 is 2. The quantitative estimate of drug-likeness (QED) is 0.172. The lowest BCUT2D eigenvalue weighted by Gasteiger charge is -2.05. The highest BCUT2D eigenvalue weighted by Gasteiger charge is 2.05. The number of phenols is 1. The molecule has 0 bridgehead atoms. The Labute approximate surface area is 308 Å². The van der Waals surface area contributed by atoms with Gasteiger partial charge < -0.3 is 19.6 Å². The van der Waals surface area contributed by atoms with Gasteiger partial charge in [-0.2, -0.15) is 10.2 Å². The van der Waals surface area contributed by atoms with Crippen LogP contribution in [0, 0.1) is 3.57 Å². The fraction of sp³-hybridized carbons (Fsp3) is 0.0488. The van der Waals surface area contributed by atoms with Crippen molar-refractivity contribution in [1.82, 2.24) is 29.5 Å². The lowest BCUT2D eigenvalue weighted by atomic mass is 10.2. The molecule has 9 nitrogen and oxygen atoms in total. The topological polar surface area (TPSA) is 103 Å². The summed E-state index contributed by atoms with van der Waals surface area (Å²) in [5.74, 6) is 2.00. The number of hydrogen-bond donors (Lipinski definition) is 2. The van der Waals surface area contributed by atoms with E-state index in [0.29, 0.717) is 0 Å². The van der Waals surface area contributed by atoms with Crippen LogP contribution in [0.25, 0.3) is 44.2 Å². The van der Waals surface area contributed by atoms with E-state index >= 15 is 0 Å². The summed E-state index contributed by atoms with van der Waals surface area (Å²) in [4.78, 5) is 7.07. The van der Waals surface area contributed by atoms with Gasteiger partial charge in [0.25, 0.3) is 0 Å². The predicted molar refractivity (Wildman–Crippen MR) is 212 cm³/mol. The van der Waals surface area contributed by atoms with Crippen molar-refractivity contribution >= 4 is 55.4 Å². The standard InChI is InChI=1S/C14H12N2O.C13H10N2O.C7H7IO.C7H6N2/c1-17-13-7-4-6-12(9-13)16-14-8-3-2-5-11(14)10-15-16;16-12-6-3-5-11(8-12)15-13-7-2-1-4-10(13)9-14-15;1-9-7-4-2-3-6(8)5-7;1-2-4-7-6(3-1)8-5-9-7/h2-10H,1H3;1-9,16H;2-5H,1H3;1-5H,(H,8,9). The average Bonchev–Trinajstić information content (AvgIpc) is 3.94. The van der Waals surface area contributed by atoms with E-state index < -0.39 is 0 Å². The molecule has 9 aromatic rings. The second-order valence-corrected chi connectivity index (χ2v) is 12.3. The zero-order valence-electron chi connectivity index (χ0n) is 28.0. The van der Waals surface area contributed by atoms with Crippen molar-refractivity contribution in [2.45, 2.75) is 0 Å². The molecule has 0 fully saturated rings. The Hall–Kier alpha value is -6.14. The highest BCUT2D eigenvalue weighted by Crippen LogP contribution is 2.22. The molecule has 10 heteroatoms. The second-order valence-electron chi connectivity index (χ2n) is 11.0. The van der Waals surface area contributed by atoms with E-state index in [1.54, 1.807) is 38.7 Å². The molecular formula is C41H35IN6O3. The fourth-order valence-corrected chi connectivity index (χ4v) is 5.71. The van der Waals surface area contributed by atoms with Gasteiger partial charge in [-0.15, -0.1) is 0 Å². The van der Waals surface area contributed by atoms with Gasteiger partial charge >= 0.3 is 0 Å². The van der Waals surface area contributed by atoms with Crippen LogP contribution < -0.4 is 9.47 Å². The van der Waals surface area contributed by atoms with Crippen LogP contribution in [0.4, 0.5) is 0 Å². The maximum Gasteiger partial charge on any atom is 0.121 e. The normalized spacial score (nSPS) is 10.3. The minimum atomic E-state index is 0.247. The van der Waals surface area contributed by atoms with Gasteiger partial charge in [-0.1, -0.05) is 66.7 Å². The number of para-hydroxylation sites is 4. The third kappa shape index (κ3) is 8.91. The first-order valence-corrected chi connectivity index (χ1v) is 17.1. The van der Waals surface area contributed by atoms with Crippen molar-refractivity contribution in [1.29, 1.82) is 0 Å². The molecular weight excluding hydrogens is 751 g/mol. The third-order valence-electron chi connectivity index (χ3n) is 7.69. The zero-order valence-corrected chi connectivity index (χ0v) is 30.1. The number of aromatic amines is 1. The summed E-state index contributed by atoms with van der Waals surface area (Å²) in [7, 11) is 3.34. The zero-order chi connectivity index (χ0) is 35.4. The lowest BCUT2D eigenvalue weighted by molar-refractivity contribution is 0.414. The van der Waals surface area contributed by atoms with E-state index in [4.69, 9.17) is 9.47 Å². The number of benzene rings is 6. The van der Waals surface area contributed by atoms with Crippen molar-refractivity contribution in [3.63, 3.8) is 0 Å². The van der Waals surface area contributed by atoms with E-state index in [0.717, 1.165) is 55.7 Å². The molecule has 6 aromatic carbocycles. The molecule has 254 valence electrons. The highest BCUT2D eigenvalue weighted by molar-refractivity contribution is 14.1. The number of nitrogens with zero attached hydrogens (tertiary/aromatic N) is 5. The molecule has 0 saturated carbocycles. The summed E-state index contributed by atoms with van der Waals surface area (Å²) in [6, 6.07) is 46.9. The summed E-state index contributed by atoms with van der Waals surface area (Å²) in [5, 5.41) is 20.4. The fourth-order valence-electron chi connectivity index (χ4n) is 5.20. The number of ether oxygens (including phenoxy) is 2. The number of rotatable bonds is 4. The van der Waals surface area contributed by atoms with Crippen molar-refractivity contribution in [3.8, 4) is 28.6 Å². The molecule has 51 heavy (non-hydrogen) atoms. The molecule has 3 aromatic heterocycles. The SMILES string of the molecule is COc1cccc(-n2ncc3ccccc32)c1.COc1cccc(I)c1.Oc1cccc(-n2ncc3ccccc32)c1.c1ccc2[nH]cnc2c1. The van der Waals surface area contributed by atoms with Crippen LogP contribution in [0.2, 0.25) is 0 Å². The number of nitrogens with one attached hydrogen (secondary N) is 1. The summed E-state index contributed by atoms with van der Waals surface area (Å²) >= 11 is 2.25. The minimum absolute atomic E-state index is 0.247. The number of fused-ring (bicyclic) bond motifs is 3. The molecule has 0 amide bonds. The van der Waals surface area contributed by atoms with E-state index in [1.165, 1.54) is 3.57 Å². The van der Waals surface area contributed by atoms with Gasteiger partial charge in [-0.25, -0.2) is 14.3 Å². The van der Waals surface area contributed by atoms with Crippen LogP contribution in [-0.2, 0) is 0 Å². The summed E-state index contributed by atoms with van der Waals surface area (Å²) in [5.41, 5.74) is 6.12. The van der Waals surface area contributed by atoms with Crippen molar-refractivity contribution in [2.75, 3.05) is 14.2 Å². The minimum Gasteiger partial charge on any atom is -0.508 e. The summed E-state index contributed by atoms with van der Waals surface area (Å²) in [6.07, 6.45) is 5.39. The Morgan fingerprint density at radius 1 is 0.588 bits per heavy atom. The number of halogens is 1. The average molecular weight is 787 g/mol. The predicted octanol–water partition coefficient (Wildman–Crippen LogP) is 9.63. The van der Waals surface area contributed by atoms with Crippen molar-refractivity contribution in [3.05, 3.63) is 168 Å². The Morgan fingerprint density at radius 3 is 1.73 bits per heavy atom. The van der Waals surface area contributed by atoms with Gasteiger partial charge in [0.15, 0.2) is 0 Å². The molecule has 2 N–H and O–H groups in total. The van der Waals surface area contributed by atoms with E-state index in [9.17, 15) is 5.11 Å². The number of aromatic hydroxyl groups is 1.